The number of benzene rings is 2. The van der Waals surface area contributed by atoms with Crippen LogP contribution < -0.4 is 0 Å². The van der Waals surface area contributed by atoms with Gasteiger partial charge in [-0.3, -0.25) is 4.79 Å². The Hall–Kier alpha value is -2.62. The molecule has 134 valence electrons. The summed E-state index contributed by atoms with van der Waals surface area (Å²) in [6.45, 7) is 3.60. The molecule has 0 aliphatic carbocycles. The first-order valence-electron chi connectivity index (χ1n) is 9.22. The average molecular weight is 350 g/mol. The van der Waals surface area contributed by atoms with E-state index in [1.165, 1.54) is 28.2 Å². The van der Waals surface area contributed by atoms with Crippen molar-refractivity contribution in [3.05, 3.63) is 71.2 Å². The molecular formula is C22H23FN2O. The molecule has 3 nitrogen and oxygen atoms in total. The van der Waals surface area contributed by atoms with Gasteiger partial charge < -0.3 is 9.88 Å². The molecule has 2 aromatic carbocycles. The van der Waals surface area contributed by atoms with Crippen molar-refractivity contribution in [3.8, 4) is 0 Å². The van der Waals surface area contributed by atoms with Gasteiger partial charge >= 0.3 is 0 Å². The number of hydrogen-bond donors (Lipinski definition) is 1. The number of hydrogen-bond acceptors (Lipinski definition) is 1. The van der Waals surface area contributed by atoms with Crippen LogP contribution in [0.3, 0.4) is 0 Å². The summed E-state index contributed by atoms with van der Waals surface area (Å²) in [6.07, 6.45) is 2.04. The van der Waals surface area contributed by atoms with Crippen LogP contribution in [0.2, 0.25) is 0 Å². The molecule has 0 unspecified atom stereocenters. The van der Waals surface area contributed by atoms with Crippen molar-refractivity contribution in [2.45, 2.75) is 32.1 Å². The molecular weight excluding hydrogens is 327 g/mol. The number of likely N-dealkylation sites (tertiary alicyclic amines) is 1. The van der Waals surface area contributed by atoms with Gasteiger partial charge in [0.15, 0.2) is 0 Å². The molecule has 3 aromatic rings. The van der Waals surface area contributed by atoms with Crippen molar-refractivity contribution in [2.24, 2.45) is 0 Å². The molecule has 1 aliphatic heterocycles. The lowest BCUT2D eigenvalue weighted by Crippen LogP contribution is -2.39. The molecule has 1 fully saturated rings. The Kier molecular flexibility index (Phi) is 4.49. The van der Waals surface area contributed by atoms with E-state index in [2.05, 4.69) is 30.1 Å². The van der Waals surface area contributed by atoms with Crippen LogP contribution in [-0.2, 0) is 11.2 Å². The van der Waals surface area contributed by atoms with Crippen molar-refractivity contribution < 1.29 is 9.18 Å². The second kappa shape index (κ2) is 6.94. The van der Waals surface area contributed by atoms with Gasteiger partial charge in [0.1, 0.15) is 5.82 Å². The Labute approximate surface area is 152 Å². The molecule has 1 saturated heterocycles. The first kappa shape index (κ1) is 16.8. The third kappa shape index (κ3) is 3.12. The smallest absolute Gasteiger partial charge is 0.227 e. The highest BCUT2D eigenvalue weighted by atomic mass is 19.1. The van der Waals surface area contributed by atoms with E-state index in [4.69, 9.17) is 0 Å². The largest absolute Gasteiger partial charge is 0.358 e. The van der Waals surface area contributed by atoms with Gasteiger partial charge in [-0.05, 0) is 48.9 Å². The minimum absolute atomic E-state index is 0.0178. The number of rotatable bonds is 3. The predicted molar refractivity (Wildman–Crippen MR) is 102 cm³/mol. The monoisotopic (exact) mass is 350 g/mol. The van der Waals surface area contributed by atoms with Crippen LogP contribution in [-0.4, -0.2) is 28.9 Å². The summed E-state index contributed by atoms with van der Waals surface area (Å²) in [5, 5.41) is 1.29. The average Bonchev–Trinajstić information content (AvgIpc) is 2.99. The number of para-hydroxylation sites is 1. The van der Waals surface area contributed by atoms with Crippen LogP contribution in [0.4, 0.5) is 4.39 Å². The first-order chi connectivity index (χ1) is 12.6. The highest BCUT2D eigenvalue weighted by molar-refractivity contribution is 5.85. The molecule has 1 amide bonds. The molecule has 2 heterocycles. The number of halogens is 1. The maximum absolute atomic E-state index is 13.8. The Morgan fingerprint density at radius 2 is 1.81 bits per heavy atom. The number of H-pyrrole nitrogens is 1. The molecule has 0 saturated carbocycles. The fourth-order valence-corrected chi connectivity index (χ4v) is 4.16. The first-order valence-corrected chi connectivity index (χ1v) is 9.22. The number of piperidine rings is 1. The van der Waals surface area contributed by atoms with Crippen molar-refractivity contribution in [1.29, 1.82) is 0 Å². The van der Waals surface area contributed by atoms with Crippen molar-refractivity contribution in [2.75, 3.05) is 13.1 Å². The van der Waals surface area contributed by atoms with E-state index < -0.39 is 0 Å². The van der Waals surface area contributed by atoms with Gasteiger partial charge in [-0.25, -0.2) is 4.39 Å². The van der Waals surface area contributed by atoms with Gasteiger partial charge in [0.25, 0.3) is 0 Å². The quantitative estimate of drug-likeness (QED) is 0.738. The highest BCUT2D eigenvalue weighted by Gasteiger charge is 2.27. The zero-order chi connectivity index (χ0) is 18.1. The summed E-state index contributed by atoms with van der Waals surface area (Å²) in [5.74, 6) is 0.179. The number of carbonyl (C=O) groups is 1. The van der Waals surface area contributed by atoms with E-state index in [0.29, 0.717) is 11.5 Å². The standard InChI is InChI=1S/C22H23FN2O/c1-15-22(18-7-3-5-9-20(18)24-15)16-10-12-25(13-11-16)21(26)14-17-6-2-4-8-19(17)23/h2-9,16,24H,10-14H2,1H3. The minimum atomic E-state index is -0.301. The zero-order valence-corrected chi connectivity index (χ0v) is 15.0. The summed E-state index contributed by atoms with van der Waals surface area (Å²) in [6, 6.07) is 14.9. The van der Waals surface area contributed by atoms with Gasteiger partial charge in [-0.1, -0.05) is 36.4 Å². The number of nitrogens with one attached hydrogen (secondary N) is 1. The Bertz CT molecular complexity index is 938. The van der Waals surface area contributed by atoms with E-state index >= 15 is 0 Å². The van der Waals surface area contributed by atoms with Crippen LogP contribution in [0, 0.1) is 12.7 Å². The number of nitrogens with zero attached hydrogens (tertiary/aromatic N) is 1. The van der Waals surface area contributed by atoms with E-state index in [9.17, 15) is 9.18 Å². The normalized spacial score (nSPS) is 15.5. The molecule has 1 N–H and O–H groups in total. The fraction of sp³-hybridized carbons (Fsp3) is 0.318. The van der Waals surface area contributed by atoms with Crippen LogP contribution in [0.5, 0.6) is 0 Å². The lowest BCUT2D eigenvalue weighted by Gasteiger charge is -2.32. The van der Waals surface area contributed by atoms with E-state index in [-0.39, 0.29) is 18.1 Å². The van der Waals surface area contributed by atoms with Gasteiger partial charge in [0, 0.05) is 29.7 Å². The van der Waals surface area contributed by atoms with Crippen molar-refractivity contribution in [1.82, 2.24) is 9.88 Å². The van der Waals surface area contributed by atoms with Crippen LogP contribution in [0.1, 0.15) is 35.6 Å². The molecule has 26 heavy (non-hydrogen) atoms. The third-order valence-electron chi connectivity index (χ3n) is 5.50. The molecule has 1 aromatic heterocycles. The van der Waals surface area contributed by atoms with Gasteiger partial charge in [0.2, 0.25) is 5.91 Å². The van der Waals surface area contributed by atoms with E-state index in [0.717, 1.165) is 25.9 Å². The van der Waals surface area contributed by atoms with Crippen molar-refractivity contribution >= 4 is 16.8 Å². The maximum atomic E-state index is 13.8. The second-order valence-corrected chi connectivity index (χ2v) is 7.13. The number of aromatic nitrogens is 1. The fourth-order valence-electron chi connectivity index (χ4n) is 4.16. The zero-order valence-electron chi connectivity index (χ0n) is 15.0. The Morgan fingerprint density at radius 3 is 2.58 bits per heavy atom. The molecule has 0 atom stereocenters. The van der Waals surface area contributed by atoms with Crippen molar-refractivity contribution in [3.63, 3.8) is 0 Å². The predicted octanol–water partition coefficient (Wildman–Crippen LogP) is 4.56. The van der Waals surface area contributed by atoms with Crippen LogP contribution in [0.15, 0.2) is 48.5 Å². The summed E-state index contributed by atoms with van der Waals surface area (Å²) in [5.41, 5.74) is 4.27. The molecule has 4 rings (SSSR count). The second-order valence-electron chi connectivity index (χ2n) is 7.13. The minimum Gasteiger partial charge on any atom is -0.358 e. The Balaban J connectivity index is 1.45. The molecule has 1 aliphatic rings. The molecule has 0 spiro atoms. The lowest BCUT2D eigenvalue weighted by molar-refractivity contribution is -0.131. The van der Waals surface area contributed by atoms with Crippen LogP contribution in [0.25, 0.3) is 10.9 Å². The SMILES string of the molecule is Cc1[nH]c2ccccc2c1C1CCN(C(=O)Cc2ccccc2F)CC1. The molecule has 0 radical (unpaired) electrons. The number of amides is 1. The number of aromatic amines is 1. The van der Waals surface area contributed by atoms with Gasteiger partial charge in [-0.15, -0.1) is 0 Å². The van der Waals surface area contributed by atoms with E-state index in [1.54, 1.807) is 18.2 Å². The number of aryl methyl sites for hydroxylation is 1. The van der Waals surface area contributed by atoms with Gasteiger partial charge in [-0.2, -0.15) is 0 Å². The van der Waals surface area contributed by atoms with Crippen LogP contribution >= 0.6 is 0 Å². The highest BCUT2D eigenvalue weighted by Crippen LogP contribution is 2.35. The van der Waals surface area contributed by atoms with E-state index in [1.807, 2.05) is 11.0 Å². The molecule has 0 bridgehead atoms. The molecule has 4 heteroatoms. The van der Waals surface area contributed by atoms with Gasteiger partial charge in [0.05, 0.1) is 6.42 Å². The summed E-state index contributed by atoms with van der Waals surface area (Å²) >= 11 is 0. The summed E-state index contributed by atoms with van der Waals surface area (Å²) in [7, 11) is 0. The maximum Gasteiger partial charge on any atom is 0.227 e. The lowest BCUT2D eigenvalue weighted by atomic mass is 9.87. The summed E-state index contributed by atoms with van der Waals surface area (Å²) < 4.78 is 13.8. The number of carbonyl (C=O) groups excluding carboxylic acids is 1. The number of fused-ring (bicyclic) bond motifs is 1. The Morgan fingerprint density at radius 1 is 1.12 bits per heavy atom. The third-order valence-corrected chi connectivity index (χ3v) is 5.50. The summed E-state index contributed by atoms with van der Waals surface area (Å²) in [4.78, 5) is 17.9. The topological polar surface area (TPSA) is 36.1 Å².